The lowest BCUT2D eigenvalue weighted by atomic mass is 10.0. The maximum Gasteiger partial charge on any atom is 0.315 e. The highest BCUT2D eigenvalue weighted by Crippen LogP contribution is 2.37. The number of aromatic nitrogens is 3. The molecule has 3 aromatic rings. The predicted molar refractivity (Wildman–Crippen MR) is 91.3 cm³/mol. The fraction of sp³-hybridized carbons (Fsp3) is 0.235. The Balaban J connectivity index is 2.01. The number of hydrogen-bond donors (Lipinski definition) is 1. The number of nitrogens with zero attached hydrogens (tertiary/aromatic N) is 3. The maximum atomic E-state index is 14.2. The molecule has 1 N–H and O–H groups in total. The topological polar surface area (TPSA) is 63.8 Å². The number of halogens is 2. The van der Waals surface area contributed by atoms with Crippen molar-refractivity contribution in [2.75, 3.05) is 11.9 Å². The Hall–Kier alpha value is -2.47. The molecule has 0 atom stereocenters. The number of benzene rings is 1. The van der Waals surface area contributed by atoms with Crippen molar-refractivity contribution in [3.8, 4) is 22.6 Å². The van der Waals surface area contributed by atoms with Crippen molar-refractivity contribution in [1.82, 2.24) is 15.2 Å². The van der Waals surface area contributed by atoms with Gasteiger partial charge in [-0.05, 0) is 18.6 Å². The number of nitrogens with one attached hydrogen (secondary N) is 1. The first kappa shape index (κ1) is 16.4. The minimum atomic E-state index is -0.359. The Morgan fingerprint density at radius 1 is 1.17 bits per heavy atom. The summed E-state index contributed by atoms with van der Waals surface area (Å²) < 4.78 is 19.8. The second kappa shape index (κ2) is 7.40. The van der Waals surface area contributed by atoms with Gasteiger partial charge in [-0.2, -0.15) is 0 Å². The van der Waals surface area contributed by atoms with Crippen LogP contribution >= 0.6 is 11.6 Å². The van der Waals surface area contributed by atoms with E-state index >= 15 is 0 Å². The van der Waals surface area contributed by atoms with Crippen LogP contribution in [-0.2, 0) is 0 Å². The molecule has 3 rings (SSSR count). The summed E-state index contributed by atoms with van der Waals surface area (Å²) in [6.45, 7) is 2.83. The third-order valence-corrected chi connectivity index (χ3v) is 3.80. The van der Waals surface area contributed by atoms with E-state index in [0.717, 1.165) is 19.4 Å². The fourth-order valence-electron chi connectivity index (χ4n) is 2.31. The molecule has 24 heavy (non-hydrogen) atoms. The van der Waals surface area contributed by atoms with Crippen molar-refractivity contribution in [3.63, 3.8) is 0 Å². The van der Waals surface area contributed by atoms with Crippen LogP contribution in [0.1, 0.15) is 19.8 Å². The van der Waals surface area contributed by atoms with Crippen LogP contribution in [0.2, 0.25) is 5.15 Å². The van der Waals surface area contributed by atoms with E-state index in [-0.39, 0.29) is 16.9 Å². The molecule has 0 aliphatic carbocycles. The first-order valence-corrected chi connectivity index (χ1v) is 8.05. The average molecular weight is 347 g/mol. The lowest BCUT2D eigenvalue weighted by molar-refractivity contribution is 0.579. The molecular weight excluding hydrogens is 331 g/mol. The maximum absolute atomic E-state index is 14.2. The summed E-state index contributed by atoms with van der Waals surface area (Å²) in [5.74, 6) is -0.160. The Morgan fingerprint density at radius 2 is 2.00 bits per heavy atom. The molecule has 1 aromatic carbocycles. The van der Waals surface area contributed by atoms with Crippen LogP contribution in [0.3, 0.4) is 0 Å². The lowest BCUT2D eigenvalue weighted by Gasteiger charge is -2.08. The minimum Gasteiger partial charge on any atom is -0.403 e. The highest BCUT2D eigenvalue weighted by Gasteiger charge is 2.20. The third-order valence-electron chi connectivity index (χ3n) is 3.51. The molecular formula is C17H16ClFN4O. The highest BCUT2D eigenvalue weighted by molar-refractivity contribution is 6.32. The molecule has 7 heteroatoms. The Kier molecular flexibility index (Phi) is 5.05. The van der Waals surface area contributed by atoms with Crippen molar-refractivity contribution in [2.24, 2.45) is 0 Å². The van der Waals surface area contributed by atoms with Gasteiger partial charge < -0.3 is 9.73 Å². The molecule has 5 nitrogen and oxygen atoms in total. The number of unbranched alkanes of at least 4 members (excludes halogenated alkanes) is 1. The van der Waals surface area contributed by atoms with Gasteiger partial charge in [0.25, 0.3) is 5.89 Å². The van der Waals surface area contributed by atoms with Gasteiger partial charge in [-0.1, -0.05) is 48.2 Å². The molecule has 2 aromatic heterocycles. The van der Waals surface area contributed by atoms with Crippen LogP contribution in [-0.4, -0.2) is 21.7 Å². The van der Waals surface area contributed by atoms with Crippen LogP contribution in [0, 0.1) is 5.82 Å². The second-order valence-electron chi connectivity index (χ2n) is 5.20. The predicted octanol–water partition coefficient (Wildman–Crippen LogP) is 4.80. The Labute approximate surface area is 143 Å². The molecule has 0 amide bonds. The van der Waals surface area contributed by atoms with Gasteiger partial charge in [0, 0.05) is 23.9 Å². The molecule has 0 aliphatic heterocycles. The van der Waals surface area contributed by atoms with Gasteiger partial charge in [-0.15, -0.1) is 5.10 Å². The van der Waals surface area contributed by atoms with Gasteiger partial charge in [0.05, 0.1) is 5.56 Å². The van der Waals surface area contributed by atoms with E-state index in [0.29, 0.717) is 22.7 Å². The van der Waals surface area contributed by atoms with E-state index in [1.165, 1.54) is 12.3 Å². The summed E-state index contributed by atoms with van der Waals surface area (Å²) in [6.07, 6.45) is 3.57. The van der Waals surface area contributed by atoms with Crippen LogP contribution < -0.4 is 5.32 Å². The molecule has 124 valence electrons. The van der Waals surface area contributed by atoms with Gasteiger partial charge in [0.1, 0.15) is 11.0 Å². The van der Waals surface area contributed by atoms with Gasteiger partial charge in [0.2, 0.25) is 0 Å². The first-order valence-electron chi connectivity index (χ1n) is 7.68. The van der Waals surface area contributed by atoms with Crippen molar-refractivity contribution in [1.29, 1.82) is 0 Å². The van der Waals surface area contributed by atoms with Crippen molar-refractivity contribution in [2.45, 2.75) is 19.8 Å². The van der Waals surface area contributed by atoms with E-state index in [2.05, 4.69) is 27.4 Å². The summed E-state index contributed by atoms with van der Waals surface area (Å²) in [7, 11) is 0. The highest BCUT2D eigenvalue weighted by atomic mass is 35.5. The number of pyridine rings is 1. The number of hydrogen-bond acceptors (Lipinski definition) is 5. The van der Waals surface area contributed by atoms with Crippen molar-refractivity contribution >= 4 is 17.6 Å². The van der Waals surface area contributed by atoms with Gasteiger partial charge >= 0.3 is 6.01 Å². The van der Waals surface area contributed by atoms with E-state index < -0.39 is 0 Å². The van der Waals surface area contributed by atoms with Crippen LogP contribution in [0.25, 0.3) is 22.6 Å². The summed E-state index contributed by atoms with van der Waals surface area (Å²) in [6, 6.07) is 8.41. The summed E-state index contributed by atoms with van der Waals surface area (Å²) in [5, 5.41) is 11.2. The number of rotatable bonds is 6. The lowest BCUT2D eigenvalue weighted by Crippen LogP contribution is -2.00. The van der Waals surface area contributed by atoms with E-state index in [1.807, 2.05) is 0 Å². The molecule has 2 heterocycles. The third kappa shape index (κ3) is 3.38. The van der Waals surface area contributed by atoms with Gasteiger partial charge in [-0.3, -0.25) is 0 Å². The molecule has 0 saturated heterocycles. The zero-order valence-corrected chi connectivity index (χ0v) is 13.8. The van der Waals surface area contributed by atoms with Crippen molar-refractivity contribution < 1.29 is 8.81 Å². The summed E-state index contributed by atoms with van der Waals surface area (Å²) in [5.41, 5.74) is 1.37. The average Bonchev–Trinajstić information content (AvgIpc) is 3.04. The van der Waals surface area contributed by atoms with Gasteiger partial charge in [-0.25, -0.2) is 9.37 Å². The Morgan fingerprint density at radius 3 is 2.79 bits per heavy atom. The standard InChI is InChI=1S/C17H16ClFN4O/c1-2-3-9-21-17-23-22-16(24-17)14-12(8-10-20-15(14)18)11-6-4-5-7-13(11)19/h4-8,10H,2-3,9H2,1H3,(H,21,23). The molecule has 0 unspecified atom stereocenters. The summed E-state index contributed by atoms with van der Waals surface area (Å²) >= 11 is 6.22. The molecule has 0 fully saturated rings. The van der Waals surface area contributed by atoms with Crippen LogP contribution in [0.5, 0.6) is 0 Å². The van der Waals surface area contributed by atoms with Crippen LogP contribution in [0.15, 0.2) is 40.9 Å². The monoisotopic (exact) mass is 346 g/mol. The van der Waals surface area contributed by atoms with E-state index in [1.54, 1.807) is 24.3 Å². The first-order chi connectivity index (χ1) is 11.7. The summed E-state index contributed by atoms with van der Waals surface area (Å²) in [4.78, 5) is 4.05. The van der Waals surface area contributed by atoms with E-state index in [9.17, 15) is 4.39 Å². The molecule has 0 saturated carbocycles. The molecule has 0 bridgehead atoms. The quantitative estimate of drug-likeness (QED) is 0.513. The van der Waals surface area contributed by atoms with Crippen molar-refractivity contribution in [3.05, 3.63) is 47.5 Å². The molecule has 0 radical (unpaired) electrons. The zero-order valence-electron chi connectivity index (χ0n) is 13.1. The van der Waals surface area contributed by atoms with E-state index in [4.69, 9.17) is 16.0 Å². The Bertz CT molecular complexity index is 837. The van der Waals surface area contributed by atoms with Crippen LogP contribution in [0.4, 0.5) is 10.4 Å². The molecule has 0 spiro atoms. The van der Waals surface area contributed by atoms with Gasteiger partial charge in [0.15, 0.2) is 0 Å². The normalized spacial score (nSPS) is 10.8. The minimum absolute atomic E-state index is 0.180. The largest absolute Gasteiger partial charge is 0.403 e. The zero-order chi connectivity index (χ0) is 16.9. The SMILES string of the molecule is CCCCNc1nnc(-c2c(-c3ccccc3F)ccnc2Cl)o1. The number of anilines is 1. The molecule has 0 aliphatic rings. The second-order valence-corrected chi connectivity index (χ2v) is 5.55. The fourth-order valence-corrected chi connectivity index (χ4v) is 2.55. The smallest absolute Gasteiger partial charge is 0.315 e.